The molecule has 0 unspecified atom stereocenters. The van der Waals surface area contributed by atoms with E-state index in [1.165, 1.54) is 6.07 Å². The van der Waals surface area contributed by atoms with E-state index in [1.54, 1.807) is 0 Å². The number of nitrogens with one attached hydrogen (secondary N) is 1. The molecule has 1 aromatic carbocycles. The average molecular weight is 319 g/mol. The van der Waals surface area contributed by atoms with Crippen LogP contribution in [0.15, 0.2) is 36.5 Å². The summed E-state index contributed by atoms with van der Waals surface area (Å²) in [6.07, 6.45) is -3.52. The average Bonchev–Trinajstić information content (AvgIpc) is 2.37. The number of amides is 1. The fourth-order valence-electron chi connectivity index (χ4n) is 1.57. The standard InChI is InChI=1S/C13H7ClF4N2O/c14-9-4-8(13(16,17)18)5-10(6-9)20-12(21)7-1-2-19-11(15)3-7/h1-6H,(H,20,21). The van der Waals surface area contributed by atoms with E-state index in [4.69, 9.17) is 11.6 Å². The number of carbonyl (C=O) groups is 1. The topological polar surface area (TPSA) is 42.0 Å². The van der Waals surface area contributed by atoms with Gasteiger partial charge in [0.05, 0.1) is 5.56 Å². The van der Waals surface area contributed by atoms with Crippen molar-refractivity contribution >= 4 is 23.2 Å². The van der Waals surface area contributed by atoms with Crippen molar-refractivity contribution in [1.29, 1.82) is 0 Å². The minimum absolute atomic E-state index is 0.0731. The van der Waals surface area contributed by atoms with E-state index < -0.39 is 23.6 Å². The van der Waals surface area contributed by atoms with Crippen LogP contribution in [0.25, 0.3) is 0 Å². The Morgan fingerprint density at radius 2 is 1.90 bits per heavy atom. The van der Waals surface area contributed by atoms with Crippen molar-refractivity contribution in [2.45, 2.75) is 6.18 Å². The highest BCUT2D eigenvalue weighted by Crippen LogP contribution is 2.33. The predicted molar refractivity (Wildman–Crippen MR) is 68.6 cm³/mol. The number of alkyl halides is 3. The summed E-state index contributed by atoms with van der Waals surface area (Å²) in [5, 5.41) is 2.04. The monoisotopic (exact) mass is 318 g/mol. The third-order valence-electron chi connectivity index (χ3n) is 2.47. The highest BCUT2D eigenvalue weighted by molar-refractivity contribution is 6.31. The molecule has 0 saturated heterocycles. The molecule has 0 fully saturated rings. The summed E-state index contributed by atoms with van der Waals surface area (Å²) in [7, 11) is 0. The van der Waals surface area contributed by atoms with Crippen LogP contribution < -0.4 is 5.32 Å². The third-order valence-corrected chi connectivity index (χ3v) is 2.69. The van der Waals surface area contributed by atoms with E-state index in [-0.39, 0.29) is 16.3 Å². The number of rotatable bonds is 2. The zero-order chi connectivity index (χ0) is 15.6. The number of hydrogen-bond donors (Lipinski definition) is 1. The maximum atomic E-state index is 12.9. The van der Waals surface area contributed by atoms with Crippen LogP contribution in [0, 0.1) is 5.95 Å². The molecule has 0 atom stereocenters. The maximum absolute atomic E-state index is 12.9. The van der Waals surface area contributed by atoms with Gasteiger partial charge in [0.1, 0.15) is 0 Å². The maximum Gasteiger partial charge on any atom is 0.416 e. The van der Waals surface area contributed by atoms with Crippen LogP contribution in [-0.4, -0.2) is 10.9 Å². The number of anilines is 1. The summed E-state index contributed by atoms with van der Waals surface area (Å²) in [6.45, 7) is 0. The van der Waals surface area contributed by atoms with E-state index in [0.717, 1.165) is 30.5 Å². The second-order valence-corrected chi connectivity index (χ2v) is 4.48. The van der Waals surface area contributed by atoms with Gasteiger partial charge in [0, 0.05) is 28.5 Å². The lowest BCUT2D eigenvalue weighted by Crippen LogP contribution is -2.13. The van der Waals surface area contributed by atoms with E-state index in [9.17, 15) is 22.4 Å². The molecule has 2 rings (SSSR count). The Bertz CT molecular complexity index is 688. The number of benzene rings is 1. The number of carbonyl (C=O) groups excluding carboxylic acids is 1. The zero-order valence-corrected chi connectivity index (χ0v) is 11.0. The Morgan fingerprint density at radius 3 is 2.52 bits per heavy atom. The van der Waals surface area contributed by atoms with E-state index in [1.807, 2.05) is 0 Å². The first-order valence-corrected chi connectivity index (χ1v) is 5.94. The van der Waals surface area contributed by atoms with Crippen molar-refractivity contribution in [2.75, 3.05) is 5.32 Å². The van der Waals surface area contributed by atoms with Gasteiger partial charge in [-0.15, -0.1) is 0 Å². The number of pyridine rings is 1. The third kappa shape index (κ3) is 3.91. The molecule has 110 valence electrons. The Kier molecular flexibility index (Phi) is 4.13. The lowest BCUT2D eigenvalue weighted by atomic mass is 10.2. The molecule has 1 amide bonds. The van der Waals surface area contributed by atoms with Gasteiger partial charge >= 0.3 is 6.18 Å². The molecule has 1 aromatic heterocycles. The molecule has 0 saturated carbocycles. The second kappa shape index (κ2) is 5.69. The Labute approximate surface area is 121 Å². The van der Waals surface area contributed by atoms with Crippen molar-refractivity contribution in [3.05, 3.63) is 58.6 Å². The first-order chi connectivity index (χ1) is 9.75. The highest BCUT2D eigenvalue weighted by Gasteiger charge is 2.31. The van der Waals surface area contributed by atoms with Gasteiger partial charge < -0.3 is 5.32 Å². The summed E-state index contributed by atoms with van der Waals surface area (Å²) < 4.78 is 50.8. The van der Waals surface area contributed by atoms with Gasteiger partial charge in [-0.2, -0.15) is 17.6 Å². The molecule has 8 heteroatoms. The van der Waals surface area contributed by atoms with Gasteiger partial charge in [-0.05, 0) is 24.3 Å². The quantitative estimate of drug-likeness (QED) is 0.668. The van der Waals surface area contributed by atoms with Crippen molar-refractivity contribution in [2.24, 2.45) is 0 Å². The summed E-state index contributed by atoms with van der Waals surface area (Å²) in [4.78, 5) is 15.1. The number of nitrogens with zero attached hydrogens (tertiary/aromatic N) is 1. The first kappa shape index (κ1) is 15.2. The molecule has 0 bridgehead atoms. The van der Waals surface area contributed by atoms with Crippen molar-refractivity contribution in [3.8, 4) is 0 Å². The van der Waals surface area contributed by atoms with Gasteiger partial charge in [0.15, 0.2) is 0 Å². The van der Waals surface area contributed by atoms with Gasteiger partial charge in [0.25, 0.3) is 5.91 Å². The van der Waals surface area contributed by atoms with Crippen LogP contribution in [0.5, 0.6) is 0 Å². The van der Waals surface area contributed by atoms with Crippen molar-refractivity contribution in [1.82, 2.24) is 4.98 Å². The normalized spacial score (nSPS) is 11.3. The minimum atomic E-state index is -4.59. The van der Waals surface area contributed by atoms with Crippen LogP contribution in [0.1, 0.15) is 15.9 Å². The van der Waals surface area contributed by atoms with Crippen LogP contribution >= 0.6 is 11.6 Å². The van der Waals surface area contributed by atoms with Gasteiger partial charge in [0.2, 0.25) is 5.95 Å². The molecule has 0 aliphatic carbocycles. The van der Waals surface area contributed by atoms with E-state index in [2.05, 4.69) is 10.3 Å². The van der Waals surface area contributed by atoms with Crippen LogP contribution in [-0.2, 0) is 6.18 Å². The van der Waals surface area contributed by atoms with E-state index >= 15 is 0 Å². The molecule has 2 aromatic rings. The van der Waals surface area contributed by atoms with Crippen LogP contribution in [0.4, 0.5) is 23.2 Å². The molecule has 0 radical (unpaired) electrons. The van der Waals surface area contributed by atoms with Crippen molar-refractivity contribution < 1.29 is 22.4 Å². The second-order valence-electron chi connectivity index (χ2n) is 4.05. The lowest BCUT2D eigenvalue weighted by Gasteiger charge is -2.11. The first-order valence-electron chi connectivity index (χ1n) is 5.56. The van der Waals surface area contributed by atoms with E-state index in [0.29, 0.717) is 0 Å². The largest absolute Gasteiger partial charge is 0.416 e. The van der Waals surface area contributed by atoms with Gasteiger partial charge in [-0.1, -0.05) is 11.6 Å². The summed E-state index contributed by atoms with van der Waals surface area (Å²) in [6, 6.07) is 4.73. The summed E-state index contributed by atoms with van der Waals surface area (Å²) >= 11 is 5.59. The van der Waals surface area contributed by atoms with Crippen LogP contribution in [0.2, 0.25) is 5.02 Å². The molecule has 0 spiro atoms. The molecular formula is C13H7ClF4N2O. The number of halogens is 5. The summed E-state index contributed by atoms with van der Waals surface area (Å²) in [5.74, 6) is -1.64. The Hall–Kier alpha value is -2.15. The van der Waals surface area contributed by atoms with Gasteiger partial charge in [-0.25, -0.2) is 4.98 Å². The fourth-order valence-corrected chi connectivity index (χ4v) is 1.81. The smallest absolute Gasteiger partial charge is 0.322 e. The Balaban J connectivity index is 2.27. The van der Waals surface area contributed by atoms with Crippen molar-refractivity contribution in [3.63, 3.8) is 0 Å². The molecule has 1 N–H and O–H groups in total. The molecule has 21 heavy (non-hydrogen) atoms. The zero-order valence-electron chi connectivity index (χ0n) is 10.2. The SMILES string of the molecule is O=C(Nc1cc(Cl)cc(C(F)(F)F)c1)c1ccnc(F)c1. The predicted octanol–water partition coefficient (Wildman–Crippen LogP) is 4.15. The lowest BCUT2D eigenvalue weighted by molar-refractivity contribution is -0.137. The van der Waals surface area contributed by atoms with Crippen LogP contribution in [0.3, 0.4) is 0 Å². The molecular weight excluding hydrogens is 312 g/mol. The summed E-state index contributed by atoms with van der Waals surface area (Å²) in [5.41, 5.74) is -1.21. The fraction of sp³-hybridized carbons (Fsp3) is 0.0769. The minimum Gasteiger partial charge on any atom is -0.322 e. The number of hydrogen-bond acceptors (Lipinski definition) is 2. The van der Waals surface area contributed by atoms with Gasteiger partial charge in [-0.3, -0.25) is 4.79 Å². The highest BCUT2D eigenvalue weighted by atomic mass is 35.5. The molecule has 0 aliphatic heterocycles. The Morgan fingerprint density at radius 1 is 1.19 bits per heavy atom. The molecule has 0 aliphatic rings. The molecule has 1 heterocycles. The number of aromatic nitrogens is 1. The molecule has 3 nitrogen and oxygen atoms in total.